The molecule has 0 amide bonds. The number of hydrogen-bond donors (Lipinski definition) is 0. The Morgan fingerprint density at radius 1 is 0.326 bits per heavy atom. The minimum absolute atomic E-state index is 0. The van der Waals surface area contributed by atoms with Gasteiger partial charge in [-0.05, 0) is 145 Å². The molecule has 0 N–H and O–H groups in total. The molecule has 0 radical (unpaired) electrons. The minimum Gasteiger partial charge on any atom is -0.0614 e. The van der Waals surface area contributed by atoms with Gasteiger partial charge in [-0.2, -0.15) is 0 Å². The molecule has 0 heterocycles. The molecule has 272 valence electrons. The van der Waals surface area contributed by atoms with Crippen LogP contribution in [0.4, 0.5) is 0 Å². The van der Waals surface area contributed by atoms with Gasteiger partial charge in [0.05, 0.1) is 69.9 Å². The monoisotopic (exact) mass is 892 g/mol. The molecular weight excluding hydrogens is 817 g/mol. The molecular formula is C40H76P4Pd2+4. The van der Waals surface area contributed by atoms with Crippen LogP contribution < -0.4 is 0 Å². The predicted octanol–water partition coefficient (Wildman–Crippen LogP) is 13.5. The maximum Gasteiger partial charge on any atom is 0.0825 e. The van der Waals surface area contributed by atoms with E-state index in [2.05, 4.69) is 159 Å². The maximum atomic E-state index is 2.52. The SMILES string of the molecule is CC(C)[PH+](Cc1cccc(C[PH+](C(C)C)C(C)C)c1)C(C)C.CC(C)[PH+](Cc1cccc(C[PH+](C(C)C)C(C)C)c1)C(C)C.[Pd].[Pd]. The van der Waals surface area contributed by atoms with E-state index in [9.17, 15) is 0 Å². The molecule has 0 fully saturated rings. The summed E-state index contributed by atoms with van der Waals surface area (Å²) >= 11 is 0. The molecule has 2 aromatic rings. The summed E-state index contributed by atoms with van der Waals surface area (Å²) in [5.74, 6) is 0. The fourth-order valence-corrected chi connectivity index (χ4v) is 18.3. The van der Waals surface area contributed by atoms with Crippen molar-refractivity contribution in [2.45, 2.75) is 181 Å². The molecule has 2 aromatic carbocycles. The molecule has 0 bridgehead atoms. The van der Waals surface area contributed by atoms with Crippen LogP contribution in [0.5, 0.6) is 0 Å². The van der Waals surface area contributed by atoms with E-state index in [1.54, 1.807) is 22.3 Å². The van der Waals surface area contributed by atoms with Crippen LogP contribution >= 0.6 is 31.7 Å². The van der Waals surface area contributed by atoms with E-state index in [4.69, 9.17) is 0 Å². The summed E-state index contributed by atoms with van der Waals surface area (Å²) in [5.41, 5.74) is 13.2. The van der Waals surface area contributed by atoms with Crippen LogP contribution in [-0.2, 0) is 65.5 Å². The average Bonchev–Trinajstić information content (AvgIpc) is 2.91. The molecule has 0 aliphatic carbocycles. The summed E-state index contributed by atoms with van der Waals surface area (Å²) in [6, 6.07) is 19.1. The van der Waals surface area contributed by atoms with Crippen molar-refractivity contribution in [3.8, 4) is 0 Å². The van der Waals surface area contributed by atoms with Crippen LogP contribution in [-0.4, -0.2) is 45.3 Å². The number of benzene rings is 2. The molecule has 0 saturated carbocycles. The predicted molar refractivity (Wildman–Crippen MR) is 222 cm³/mol. The Bertz CT molecular complexity index is 859. The van der Waals surface area contributed by atoms with Gasteiger partial charge < -0.3 is 0 Å². The minimum atomic E-state index is -0.299. The molecule has 0 atom stereocenters. The molecule has 0 aromatic heterocycles. The summed E-state index contributed by atoms with van der Waals surface area (Å²) in [6.07, 6.45) is 5.33. The topological polar surface area (TPSA) is 0 Å². The zero-order valence-corrected chi connectivity index (χ0v) is 39.8. The van der Waals surface area contributed by atoms with Gasteiger partial charge in [0.25, 0.3) is 0 Å². The van der Waals surface area contributed by atoms with Crippen LogP contribution in [0.2, 0.25) is 0 Å². The first kappa shape index (κ1) is 49.6. The van der Waals surface area contributed by atoms with E-state index in [1.807, 2.05) is 0 Å². The van der Waals surface area contributed by atoms with E-state index in [0.29, 0.717) is 0 Å². The fraction of sp³-hybridized carbons (Fsp3) is 0.700. The van der Waals surface area contributed by atoms with E-state index in [-0.39, 0.29) is 72.5 Å². The summed E-state index contributed by atoms with van der Waals surface area (Å²) in [6.45, 7) is 38.6. The third kappa shape index (κ3) is 18.6. The van der Waals surface area contributed by atoms with E-state index in [0.717, 1.165) is 45.3 Å². The van der Waals surface area contributed by atoms with Gasteiger partial charge in [0.2, 0.25) is 0 Å². The third-order valence-electron chi connectivity index (χ3n) is 9.55. The van der Waals surface area contributed by atoms with Crippen molar-refractivity contribution in [3.63, 3.8) is 0 Å². The Balaban J connectivity index is 0. The Morgan fingerprint density at radius 3 is 0.609 bits per heavy atom. The van der Waals surface area contributed by atoms with Crippen molar-refractivity contribution in [3.05, 3.63) is 70.8 Å². The van der Waals surface area contributed by atoms with Crippen LogP contribution in [0.3, 0.4) is 0 Å². The van der Waals surface area contributed by atoms with E-state index < -0.39 is 0 Å². The van der Waals surface area contributed by atoms with Gasteiger partial charge in [-0.15, -0.1) is 0 Å². The summed E-state index contributed by atoms with van der Waals surface area (Å²) < 4.78 is 0. The van der Waals surface area contributed by atoms with E-state index >= 15 is 0 Å². The van der Waals surface area contributed by atoms with Gasteiger partial charge in [0.1, 0.15) is 0 Å². The van der Waals surface area contributed by atoms with Crippen molar-refractivity contribution < 1.29 is 40.8 Å². The Morgan fingerprint density at radius 2 is 0.478 bits per heavy atom. The summed E-state index contributed by atoms with van der Waals surface area (Å²) in [7, 11) is -1.20. The molecule has 0 unspecified atom stereocenters. The quantitative estimate of drug-likeness (QED) is 0.116. The van der Waals surface area contributed by atoms with Gasteiger partial charge in [0.15, 0.2) is 0 Å². The van der Waals surface area contributed by atoms with Gasteiger partial charge in [-0.25, -0.2) is 0 Å². The van der Waals surface area contributed by atoms with Crippen LogP contribution in [0.15, 0.2) is 48.5 Å². The first-order valence-electron chi connectivity index (χ1n) is 18.0. The van der Waals surface area contributed by atoms with Crippen molar-refractivity contribution in [2.75, 3.05) is 0 Å². The second-order valence-electron chi connectivity index (χ2n) is 15.9. The molecule has 6 heteroatoms. The van der Waals surface area contributed by atoms with E-state index in [1.165, 1.54) is 24.6 Å². The first-order valence-corrected chi connectivity index (χ1v) is 25.5. The zero-order valence-electron chi connectivity index (χ0n) is 32.7. The third-order valence-corrected chi connectivity index (χ3v) is 24.7. The number of rotatable bonds is 16. The zero-order chi connectivity index (χ0) is 33.7. The molecule has 0 nitrogen and oxygen atoms in total. The van der Waals surface area contributed by atoms with Gasteiger partial charge in [0, 0.05) is 72.5 Å². The molecule has 2 rings (SSSR count). The maximum absolute atomic E-state index is 2.52. The normalized spacial score (nSPS) is 12.1. The van der Waals surface area contributed by atoms with Crippen molar-refractivity contribution in [1.29, 1.82) is 0 Å². The van der Waals surface area contributed by atoms with Gasteiger partial charge >= 0.3 is 0 Å². The van der Waals surface area contributed by atoms with Crippen LogP contribution in [0, 0.1) is 0 Å². The Hall–Kier alpha value is 1.48. The van der Waals surface area contributed by atoms with Gasteiger partial charge in [-0.1, -0.05) is 36.4 Å². The molecule has 0 saturated heterocycles. The molecule has 0 spiro atoms. The standard InChI is InChI=1S/2C20H36P2.2Pd/c2*1-15(2)21(16(3)4)13-19-10-9-11-20(12-19)14-22(17(5)6)18(7)8;;/h2*9-12,15-18H,13-14H2,1-8H3;;/p+4. The largest absolute Gasteiger partial charge is 0.0825 e. The number of hydrogen-bond acceptors (Lipinski definition) is 0. The smallest absolute Gasteiger partial charge is 0.0614 e. The van der Waals surface area contributed by atoms with Crippen molar-refractivity contribution in [1.82, 2.24) is 0 Å². The first-order chi connectivity index (χ1) is 20.4. The fourth-order valence-electron chi connectivity index (χ4n) is 6.94. The second kappa shape index (κ2) is 25.4. The Labute approximate surface area is 321 Å². The molecule has 0 aliphatic heterocycles. The van der Waals surface area contributed by atoms with Crippen LogP contribution in [0.1, 0.15) is 133 Å². The molecule has 0 aliphatic rings. The van der Waals surface area contributed by atoms with Crippen molar-refractivity contribution in [2.24, 2.45) is 0 Å². The molecule has 46 heavy (non-hydrogen) atoms. The average molecular weight is 894 g/mol. The second-order valence-corrected chi connectivity index (χ2v) is 31.1. The van der Waals surface area contributed by atoms with Crippen LogP contribution in [0.25, 0.3) is 0 Å². The summed E-state index contributed by atoms with van der Waals surface area (Å²) in [4.78, 5) is 0. The van der Waals surface area contributed by atoms with Crippen molar-refractivity contribution >= 4 is 31.7 Å². The summed E-state index contributed by atoms with van der Waals surface area (Å²) in [5, 5.41) is 0. The van der Waals surface area contributed by atoms with Gasteiger partial charge in [-0.3, -0.25) is 0 Å². The Kier molecular flexibility index (Phi) is 27.4.